The molecule has 0 atom stereocenters. The van der Waals surface area contributed by atoms with Gasteiger partial charge in [-0.3, -0.25) is 4.79 Å². The van der Waals surface area contributed by atoms with Gasteiger partial charge in [-0.05, 0) is 60.4 Å². The monoisotopic (exact) mass is 436 g/mol. The second-order valence-corrected chi connectivity index (χ2v) is 8.45. The zero-order valence-corrected chi connectivity index (χ0v) is 19.2. The molecule has 1 aromatic heterocycles. The van der Waals surface area contributed by atoms with Crippen molar-refractivity contribution >= 4 is 17.4 Å². The summed E-state index contributed by atoms with van der Waals surface area (Å²) in [4.78, 5) is 12.5. The fourth-order valence-corrected chi connectivity index (χ4v) is 3.43. The SMILES string of the molecule is Cc1ccc(-c2ccc(Nc3ccc(C(=O)NCc4ccc(C(C)C)cc4)cc3)nn2)cc1. The molecule has 5 heteroatoms. The van der Waals surface area contributed by atoms with Crippen molar-refractivity contribution in [3.8, 4) is 11.3 Å². The van der Waals surface area contributed by atoms with Gasteiger partial charge in [0.1, 0.15) is 0 Å². The average Bonchev–Trinajstić information content (AvgIpc) is 2.84. The van der Waals surface area contributed by atoms with Crippen LogP contribution in [0.3, 0.4) is 0 Å². The quantitative estimate of drug-likeness (QED) is 0.359. The molecule has 0 unspecified atom stereocenters. The van der Waals surface area contributed by atoms with E-state index in [2.05, 4.69) is 78.0 Å². The van der Waals surface area contributed by atoms with Gasteiger partial charge < -0.3 is 10.6 Å². The van der Waals surface area contributed by atoms with Crippen LogP contribution in [0.2, 0.25) is 0 Å². The third-order valence-electron chi connectivity index (χ3n) is 5.53. The number of aryl methyl sites for hydroxylation is 1. The molecule has 3 aromatic carbocycles. The minimum Gasteiger partial charge on any atom is -0.348 e. The maximum absolute atomic E-state index is 12.5. The normalized spacial score (nSPS) is 10.8. The van der Waals surface area contributed by atoms with Crippen molar-refractivity contribution in [3.63, 3.8) is 0 Å². The van der Waals surface area contributed by atoms with Crippen LogP contribution in [0.1, 0.15) is 46.8 Å². The molecule has 4 aromatic rings. The molecule has 4 rings (SSSR count). The van der Waals surface area contributed by atoms with Crippen molar-refractivity contribution in [3.05, 3.63) is 107 Å². The van der Waals surface area contributed by atoms with Gasteiger partial charge in [0.05, 0.1) is 5.69 Å². The number of nitrogens with one attached hydrogen (secondary N) is 2. The molecular formula is C28H28N4O. The van der Waals surface area contributed by atoms with Crippen molar-refractivity contribution in [1.29, 1.82) is 0 Å². The number of aromatic nitrogens is 2. The van der Waals surface area contributed by atoms with Crippen LogP contribution in [0, 0.1) is 6.92 Å². The summed E-state index contributed by atoms with van der Waals surface area (Å²) in [6.07, 6.45) is 0. The van der Waals surface area contributed by atoms with Crippen molar-refractivity contribution in [2.45, 2.75) is 33.2 Å². The molecule has 0 aliphatic rings. The van der Waals surface area contributed by atoms with Gasteiger partial charge >= 0.3 is 0 Å². The van der Waals surface area contributed by atoms with Gasteiger partial charge in [0.15, 0.2) is 5.82 Å². The Labute approximate surface area is 194 Å². The van der Waals surface area contributed by atoms with Crippen LogP contribution in [0.25, 0.3) is 11.3 Å². The fourth-order valence-electron chi connectivity index (χ4n) is 3.43. The Morgan fingerprint density at radius 1 is 0.818 bits per heavy atom. The topological polar surface area (TPSA) is 66.9 Å². The molecule has 0 saturated heterocycles. The van der Waals surface area contributed by atoms with Gasteiger partial charge in [-0.1, -0.05) is 67.9 Å². The van der Waals surface area contributed by atoms with E-state index in [-0.39, 0.29) is 5.91 Å². The van der Waals surface area contributed by atoms with Gasteiger partial charge in [-0.25, -0.2) is 0 Å². The molecule has 1 heterocycles. The summed E-state index contributed by atoms with van der Waals surface area (Å²) in [6, 6.07) is 27.7. The lowest BCUT2D eigenvalue weighted by atomic mass is 10.0. The molecule has 0 fully saturated rings. The molecule has 0 aliphatic heterocycles. The van der Waals surface area contributed by atoms with E-state index in [4.69, 9.17) is 0 Å². The number of amides is 1. The van der Waals surface area contributed by atoms with E-state index >= 15 is 0 Å². The van der Waals surface area contributed by atoms with Crippen molar-refractivity contribution in [2.24, 2.45) is 0 Å². The Morgan fingerprint density at radius 2 is 1.52 bits per heavy atom. The number of anilines is 2. The van der Waals surface area contributed by atoms with E-state index in [1.165, 1.54) is 11.1 Å². The Hall–Kier alpha value is -3.99. The first kappa shape index (κ1) is 22.2. The summed E-state index contributed by atoms with van der Waals surface area (Å²) in [5.74, 6) is 1.04. The van der Waals surface area contributed by atoms with E-state index in [9.17, 15) is 4.79 Å². The molecule has 166 valence electrons. The molecule has 0 radical (unpaired) electrons. The summed E-state index contributed by atoms with van der Waals surface area (Å²) in [5, 5.41) is 14.8. The first-order chi connectivity index (χ1) is 16.0. The molecule has 5 nitrogen and oxygen atoms in total. The highest BCUT2D eigenvalue weighted by Gasteiger charge is 2.07. The summed E-state index contributed by atoms with van der Waals surface area (Å²) >= 11 is 0. The molecule has 1 amide bonds. The third kappa shape index (κ3) is 5.83. The summed E-state index contributed by atoms with van der Waals surface area (Å²) < 4.78 is 0. The minimum atomic E-state index is -0.100. The van der Waals surface area contributed by atoms with Crippen molar-refractivity contribution in [1.82, 2.24) is 15.5 Å². The van der Waals surface area contributed by atoms with E-state index in [1.54, 1.807) is 12.1 Å². The zero-order chi connectivity index (χ0) is 23.2. The molecule has 0 saturated carbocycles. The standard InChI is InChI=1S/C28H28N4O/c1-19(2)22-10-6-21(7-11-22)18-29-28(33)24-12-14-25(15-13-24)30-27-17-16-26(31-32-27)23-8-4-20(3)5-9-23/h4-17,19H,18H2,1-3H3,(H,29,33)(H,30,32). The highest BCUT2D eigenvalue weighted by Crippen LogP contribution is 2.20. The number of rotatable bonds is 7. The predicted octanol–water partition coefficient (Wildman–Crippen LogP) is 6.25. The number of carbonyl (C=O) groups is 1. The van der Waals surface area contributed by atoms with Crippen LogP contribution in [0.5, 0.6) is 0 Å². The van der Waals surface area contributed by atoms with E-state index in [0.717, 1.165) is 22.5 Å². The maximum atomic E-state index is 12.5. The first-order valence-corrected chi connectivity index (χ1v) is 11.1. The lowest BCUT2D eigenvalue weighted by molar-refractivity contribution is 0.0951. The highest BCUT2D eigenvalue weighted by atomic mass is 16.1. The smallest absolute Gasteiger partial charge is 0.251 e. The molecule has 0 aliphatic carbocycles. The van der Waals surface area contributed by atoms with Crippen LogP contribution in [-0.2, 0) is 6.54 Å². The van der Waals surface area contributed by atoms with Gasteiger partial charge in [-0.2, -0.15) is 0 Å². The number of carbonyl (C=O) groups excluding carboxylic acids is 1. The molecule has 0 bridgehead atoms. The minimum absolute atomic E-state index is 0.100. The Kier molecular flexibility index (Phi) is 6.79. The van der Waals surface area contributed by atoms with Crippen LogP contribution in [-0.4, -0.2) is 16.1 Å². The van der Waals surface area contributed by atoms with Crippen molar-refractivity contribution < 1.29 is 4.79 Å². The molecule has 0 spiro atoms. The molecular weight excluding hydrogens is 408 g/mol. The first-order valence-electron chi connectivity index (χ1n) is 11.1. The van der Waals surface area contributed by atoms with Gasteiger partial charge in [0, 0.05) is 23.4 Å². The molecule has 2 N–H and O–H groups in total. The lowest BCUT2D eigenvalue weighted by Gasteiger charge is -2.09. The zero-order valence-electron chi connectivity index (χ0n) is 19.2. The maximum Gasteiger partial charge on any atom is 0.251 e. The van der Waals surface area contributed by atoms with Crippen LogP contribution < -0.4 is 10.6 Å². The van der Waals surface area contributed by atoms with Crippen LogP contribution in [0.4, 0.5) is 11.5 Å². The predicted molar refractivity (Wildman–Crippen MR) is 134 cm³/mol. The summed E-state index contributed by atoms with van der Waals surface area (Å²) in [6.45, 7) is 6.90. The van der Waals surface area contributed by atoms with E-state index in [1.807, 2.05) is 36.4 Å². The summed E-state index contributed by atoms with van der Waals surface area (Å²) in [7, 11) is 0. The summed E-state index contributed by atoms with van der Waals surface area (Å²) in [5.41, 5.74) is 6.90. The molecule has 33 heavy (non-hydrogen) atoms. The van der Waals surface area contributed by atoms with Crippen LogP contribution >= 0.6 is 0 Å². The van der Waals surface area contributed by atoms with Gasteiger partial charge in [-0.15, -0.1) is 10.2 Å². The Morgan fingerprint density at radius 3 is 2.12 bits per heavy atom. The number of hydrogen-bond donors (Lipinski definition) is 2. The van der Waals surface area contributed by atoms with Crippen LogP contribution in [0.15, 0.2) is 84.9 Å². The average molecular weight is 437 g/mol. The van der Waals surface area contributed by atoms with Gasteiger partial charge in [0.2, 0.25) is 0 Å². The van der Waals surface area contributed by atoms with Crippen molar-refractivity contribution in [2.75, 3.05) is 5.32 Å². The third-order valence-corrected chi connectivity index (χ3v) is 5.53. The second kappa shape index (κ2) is 10.1. The van der Waals surface area contributed by atoms with E-state index < -0.39 is 0 Å². The number of nitrogens with zero attached hydrogens (tertiary/aromatic N) is 2. The fraction of sp³-hybridized carbons (Fsp3) is 0.179. The number of benzene rings is 3. The van der Waals surface area contributed by atoms with E-state index in [0.29, 0.717) is 23.8 Å². The second-order valence-electron chi connectivity index (χ2n) is 8.45. The van der Waals surface area contributed by atoms with Gasteiger partial charge in [0.25, 0.3) is 5.91 Å². The Balaban J connectivity index is 1.33. The lowest BCUT2D eigenvalue weighted by Crippen LogP contribution is -2.22. The Bertz CT molecular complexity index is 1200. The highest BCUT2D eigenvalue weighted by molar-refractivity contribution is 5.94. The number of hydrogen-bond acceptors (Lipinski definition) is 4. The largest absolute Gasteiger partial charge is 0.348 e.